The number of hydrogen-bond acceptors (Lipinski definition) is 5. The van der Waals surface area contributed by atoms with Crippen LogP contribution in [0.3, 0.4) is 0 Å². The molecule has 4 heterocycles. The van der Waals surface area contributed by atoms with Crippen molar-refractivity contribution in [3.63, 3.8) is 0 Å². The van der Waals surface area contributed by atoms with Crippen LogP contribution in [0.25, 0.3) is 0 Å². The van der Waals surface area contributed by atoms with Crippen LogP contribution in [0.4, 0.5) is 0 Å². The van der Waals surface area contributed by atoms with Crippen molar-refractivity contribution in [2.75, 3.05) is 19.7 Å². The number of hydrogen-bond donors (Lipinski definition) is 0. The molecule has 0 saturated carbocycles. The Morgan fingerprint density at radius 3 is 2.88 bits per heavy atom. The number of amides is 1. The van der Waals surface area contributed by atoms with Crippen LogP contribution in [0.15, 0.2) is 36.7 Å². The third kappa shape index (κ3) is 3.64. The molecule has 2 saturated heterocycles. The second-order valence-corrected chi connectivity index (χ2v) is 7.12. The van der Waals surface area contributed by atoms with Crippen molar-refractivity contribution < 1.29 is 14.3 Å². The molecule has 0 bridgehead atoms. The van der Waals surface area contributed by atoms with E-state index in [4.69, 9.17) is 9.47 Å². The zero-order chi connectivity index (χ0) is 18.0. The summed E-state index contributed by atoms with van der Waals surface area (Å²) in [5.74, 6) is 0.00130. The van der Waals surface area contributed by atoms with E-state index in [0.29, 0.717) is 32.0 Å². The fraction of sp³-hybridized carbons (Fsp3) is 0.526. The van der Waals surface area contributed by atoms with Gasteiger partial charge >= 0.3 is 0 Å². The van der Waals surface area contributed by atoms with E-state index in [1.807, 2.05) is 30.1 Å². The van der Waals surface area contributed by atoms with Gasteiger partial charge in [-0.05, 0) is 31.0 Å². The highest BCUT2D eigenvalue weighted by atomic mass is 16.6. The zero-order valence-electron chi connectivity index (χ0n) is 15.0. The first-order valence-electron chi connectivity index (χ1n) is 9.08. The molecule has 0 N–H and O–H groups in total. The molecule has 26 heavy (non-hydrogen) atoms. The van der Waals surface area contributed by atoms with Crippen LogP contribution in [0.2, 0.25) is 0 Å². The van der Waals surface area contributed by atoms with E-state index in [-0.39, 0.29) is 17.6 Å². The van der Waals surface area contributed by atoms with Crippen molar-refractivity contribution in [3.05, 3.63) is 48.0 Å². The largest absolute Gasteiger partial charge is 0.372 e. The lowest BCUT2D eigenvalue weighted by molar-refractivity contribution is -0.0413. The molecule has 0 radical (unpaired) electrons. The van der Waals surface area contributed by atoms with Crippen molar-refractivity contribution >= 4 is 5.91 Å². The number of pyridine rings is 1. The Bertz CT molecular complexity index is 753. The summed E-state index contributed by atoms with van der Waals surface area (Å²) in [4.78, 5) is 18.7. The zero-order valence-corrected chi connectivity index (χ0v) is 15.0. The number of aryl methyl sites for hydroxylation is 1. The van der Waals surface area contributed by atoms with Gasteiger partial charge in [0.1, 0.15) is 5.69 Å². The maximum absolute atomic E-state index is 12.5. The van der Waals surface area contributed by atoms with Crippen LogP contribution >= 0.6 is 0 Å². The van der Waals surface area contributed by atoms with E-state index in [0.717, 1.165) is 25.0 Å². The van der Waals surface area contributed by atoms with E-state index in [1.54, 1.807) is 23.1 Å². The van der Waals surface area contributed by atoms with E-state index < -0.39 is 0 Å². The number of carbonyl (C=O) groups excluding carboxylic acids is 1. The quantitative estimate of drug-likeness (QED) is 0.835. The number of carbonyl (C=O) groups is 1. The molecule has 2 aliphatic heterocycles. The fourth-order valence-electron chi connectivity index (χ4n) is 3.75. The summed E-state index contributed by atoms with van der Waals surface area (Å²) >= 11 is 0. The Morgan fingerprint density at radius 2 is 2.19 bits per heavy atom. The topological polar surface area (TPSA) is 69.5 Å². The van der Waals surface area contributed by atoms with Gasteiger partial charge in [-0.3, -0.25) is 14.5 Å². The van der Waals surface area contributed by atoms with E-state index in [1.165, 1.54) is 0 Å². The van der Waals surface area contributed by atoms with E-state index >= 15 is 0 Å². The monoisotopic (exact) mass is 356 g/mol. The number of likely N-dealkylation sites (tertiary alicyclic amines) is 1. The lowest BCUT2D eigenvalue weighted by Gasteiger charge is -2.38. The molecule has 138 valence electrons. The highest BCUT2D eigenvalue weighted by Crippen LogP contribution is 2.37. The first kappa shape index (κ1) is 17.2. The normalized spacial score (nSPS) is 22.0. The molecular weight excluding hydrogens is 332 g/mol. The Hall–Kier alpha value is -2.25. The minimum atomic E-state index is -0.157. The summed E-state index contributed by atoms with van der Waals surface area (Å²) in [6.45, 7) is 2.51. The van der Waals surface area contributed by atoms with E-state index in [9.17, 15) is 4.79 Å². The van der Waals surface area contributed by atoms with Crippen LogP contribution in [-0.2, 0) is 23.1 Å². The van der Waals surface area contributed by atoms with Crippen molar-refractivity contribution in [1.82, 2.24) is 19.7 Å². The summed E-state index contributed by atoms with van der Waals surface area (Å²) in [6, 6.07) is 7.59. The molecule has 7 heteroatoms. The van der Waals surface area contributed by atoms with Gasteiger partial charge in [-0.2, -0.15) is 5.10 Å². The minimum Gasteiger partial charge on any atom is -0.372 e. The Kier molecular flexibility index (Phi) is 4.74. The van der Waals surface area contributed by atoms with Gasteiger partial charge < -0.3 is 14.4 Å². The average Bonchev–Trinajstić information content (AvgIpc) is 3.28. The maximum atomic E-state index is 12.5. The molecule has 4 rings (SSSR count). The Labute approximate surface area is 152 Å². The van der Waals surface area contributed by atoms with Gasteiger partial charge in [0.05, 0.1) is 30.6 Å². The van der Waals surface area contributed by atoms with Crippen LogP contribution in [0.1, 0.15) is 35.4 Å². The van der Waals surface area contributed by atoms with Gasteiger partial charge in [-0.1, -0.05) is 6.07 Å². The second kappa shape index (κ2) is 7.17. The predicted molar refractivity (Wildman–Crippen MR) is 94.5 cm³/mol. The molecule has 2 aromatic rings. The van der Waals surface area contributed by atoms with Crippen LogP contribution in [0.5, 0.6) is 0 Å². The molecule has 1 spiro atoms. The Morgan fingerprint density at radius 1 is 1.35 bits per heavy atom. The van der Waals surface area contributed by atoms with Gasteiger partial charge in [0.15, 0.2) is 0 Å². The third-order valence-electron chi connectivity index (χ3n) is 5.26. The van der Waals surface area contributed by atoms with Gasteiger partial charge in [0.25, 0.3) is 5.91 Å². The minimum absolute atomic E-state index is 0.00130. The third-order valence-corrected chi connectivity index (χ3v) is 5.26. The number of rotatable bonds is 4. The van der Waals surface area contributed by atoms with Gasteiger partial charge in [0.2, 0.25) is 0 Å². The molecular formula is C19H24N4O3. The second-order valence-electron chi connectivity index (χ2n) is 7.12. The lowest BCUT2D eigenvalue weighted by Crippen LogP contribution is -2.46. The van der Waals surface area contributed by atoms with Crippen molar-refractivity contribution in [2.24, 2.45) is 7.05 Å². The molecule has 1 amide bonds. The molecule has 0 aliphatic carbocycles. The van der Waals surface area contributed by atoms with Crippen LogP contribution < -0.4 is 0 Å². The molecule has 0 unspecified atom stereocenters. The number of nitrogens with zero attached hydrogens (tertiary/aromatic N) is 4. The summed E-state index contributed by atoms with van der Waals surface area (Å²) in [6.07, 6.45) is 6.23. The first-order chi connectivity index (χ1) is 12.6. The lowest BCUT2D eigenvalue weighted by atomic mass is 9.88. The van der Waals surface area contributed by atoms with Crippen LogP contribution in [0, 0.1) is 0 Å². The highest BCUT2D eigenvalue weighted by molar-refractivity contribution is 5.92. The summed E-state index contributed by atoms with van der Waals surface area (Å²) < 4.78 is 13.8. The average molecular weight is 356 g/mol. The molecule has 2 aliphatic rings. The van der Waals surface area contributed by atoms with Crippen molar-refractivity contribution in [2.45, 2.75) is 37.6 Å². The number of piperidine rings is 1. The predicted octanol–water partition coefficient (Wildman–Crippen LogP) is 1.80. The Balaban J connectivity index is 1.28. The van der Waals surface area contributed by atoms with Gasteiger partial charge in [-0.25, -0.2) is 0 Å². The van der Waals surface area contributed by atoms with Crippen LogP contribution in [-0.4, -0.2) is 57.0 Å². The number of ether oxygens (including phenoxy) is 2. The maximum Gasteiger partial charge on any atom is 0.274 e. The van der Waals surface area contributed by atoms with E-state index in [2.05, 4.69) is 10.1 Å². The molecule has 7 nitrogen and oxygen atoms in total. The summed E-state index contributed by atoms with van der Waals surface area (Å²) in [5, 5.41) is 4.21. The fourth-order valence-corrected chi connectivity index (χ4v) is 3.75. The van der Waals surface area contributed by atoms with Crippen molar-refractivity contribution in [3.8, 4) is 0 Å². The summed E-state index contributed by atoms with van der Waals surface area (Å²) in [5.41, 5.74) is 1.28. The molecule has 1 atom stereocenters. The SMILES string of the molecule is Cn1ccc(C(=O)N2CCC3(CC2)C[C@H](OCc2ccccn2)CO3)n1. The standard InChI is InChI=1S/C19H24N4O3/c1-22-9-5-17(21-22)18(24)23-10-6-19(7-11-23)12-16(14-26-19)25-13-15-4-2-3-8-20-15/h2-5,8-9,16H,6-7,10-14H2,1H3/t16-/m0/s1. The highest BCUT2D eigenvalue weighted by Gasteiger charge is 2.44. The van der Waals surface area contributed by atoms with Crippen molar-refractivity contribution in [1.29, 1.82) is 0 Å². The number of aromatic nitrogens is 3. The summed E-state index contributed by atoms with van der Waals surface area (Å²) in [7, 11) is 1.82. The molecule has 2 fully saturated rings. The first-order valence-corrected chi connectivity index (χ1v) is 9.08. The van der Waals surface area contributed by atoms with Gasteiger partial charge in [0, 0.05) is 39.0 Å². The smallest absolute Gasteiger partial charge is 0.274 e. The molecule has 0 aromatic carbocycles. The van der Waals surface area contributed by atoms with Gasteiger partial charge in [-0.15, -0.1) is 0 Å². The molecule has 2 aromatic heterocycles.